The Kier molecular flexibility index (Phi) is 5.69. The predicted octanol–water partition coefficient (Wildman–Crippen LogP) is 3.89. The molecule has 2 aromatic rings. The Bertz CT molecular complexity index is 841. The molecule has 0 bridgehead atoms. The van der Waals surface area contributed by atoms with E-state index >= 15 is 0 Å². The summed E-state index contributed by atoms with van der Waals surface area (Å²) in [6.07, 6.45) is 0.517. The van der Waals surface area contributed by atoms with Crippen molar-refractivity contribution in [2.45, 2.75) is 13.0 Å². The van der Waals surface area contributed by atoms with Crippen LogP contribution in [0.4, 0.5) is 5.69 Å². The molecule has 3 rings (SSSR count). The SMILES string of the molecule is COc1ccc(Cl)cc1NC(=O)C1CC1C(=O)NCc1ccccc1Cl. The zero-order chi connectivity index (χ0) is 18.7. The van der Waals surface area contributed by atoms with Gasteiger partial charge in [-0.15, -0.1) is 0 Å². The van der Waals surface area contributed by atoms with Gasteiger partial charge in [0.05, 0.1) is 24.6 Å². The Hall–Kier alpha value is -2.24. The molecular formula is C19H18Cl2N2O3. The van der Waals surface area contributed by atoms with Crippen molar-refractivity contribution in [3.63, 3.8) is 0 Å². The van der Waals surface area contributed by atoms with E-state index in [0.717, 1.165) is 5.56 Å². The van der Waals surface area contributed by atoms with Gasteiger partial charge in [0.15, 0.2) is 0 Å². The smallest absolute Gasteiger partial charge is 0.228 e. The molecule has 1 saturated carbocycles. The molecule has 0 aromatic heterocycles. The summed E-state index contributed by atoms with van der Waals surface area (Å²) < 4.78 is 5.21. The molecule has 2 amide bonds. The molecule has 0 saturated heterocycles. The third-order valence-electron chi connectivity index (χ3n) is 4.29. The molecule has 0 aliphatic heterocycles. The van der Waals surface area contributed by atoms with Crippen molar-refractivity contribution in [3.05, 3.63) is 58.1 Å². The molecule has 0 radical (unpaired) electrons. The van der Waals surface area contributed by atoms with Gasteiger partial charge < -0.3 is 15.4 Å². The average molecular weight is 393 g/mol. The summed E-state index contributed by atoms with van der Waals surface area (Å²) in [6, 6.07) is 12.3. The zero-order valence-corrected chi connectivity index (χ0v) is 15.6. The van der Waals surface area contributed by atoms with Crippen LogP contribution in [-0.2, 0) is 16.1 Å². The molecule has 1 fully saturated rings. The second kappa shape index (κ2) is 7.98. The predicted molar refractivity (Wildman–Crippen MR) is 102 cm³/mol. The number of carbonyl (C=O) groups is 2. The Morgan fingerprint density at radius 3 is 2.58 bits per heavy atom. The molecule has 7 heteroatoms. The van der Waals surface area contributed by atoms with E-state index < -0.39 is 0 Å². The van der Waals surface area contributed by atoms with Crippen molar-refractivity contribution < 1.29 is 14.3 Å². The fourth-order valence-corrected chi connectivity index (χ4v) is 3.11. The van der Waals surface area contributed by atoms with Crippen molar-refractivity contribution in [2.24, 2.45) is 11.8 Å². The number of halogens is 2. The number of methoxy groups -OCH3 is 1. The molecule has 2 N–H and O–H groups in total. The monoisotopic (exact) mass is 392 g/mol. The molecule has 0 spiro atoms. The lowest BCUT2D eigenvalue weighted by Gasteiger charge is -2.10. The highest BCUT2D eigenvalue weighted by Crippen LogP contribution is 2.40. The van der Waals surface area contributed by atoms with Crippen LogP contribution in [-0.4, -0.2) is 18.9 Å². The number of amides is 2. The highest BCUT2D eigenvalue weighted by atomic mass is 35.5. The minimum Gasteiger partial charge on any atom is -0.495 e. The van der Waals surface area contributed by atoms with Gasteiger partial charge in [-0.2, -0.15) is 0 Å². The maximum Gasteiger partial charge on any atom is 0.228 e. The Balaban J connectivity index is 1.55. The number of benzene rings is 2. The second-order valence-corrected chi connectivity index (χ2v) is 6.94. The lowest BCUT2D eigenvalue weighted by atomic mass is 10.2. The number of hydrogen-bond donors (Lipinski definition) is 2. The summed E-state index contributed by atoms with van der Waals surface area (Å²) in [5, 5.41) is 6.71. The highest BCUT2D eigenvalue weighted by molar-refractivity contribution is 6.31. The van der Waals surface area contributed by atoms with E-state index in [1.165, 1.54) is 7.11 Å². The molecular weight excluding hydrogens is 375 g/mol. The van der Waals surface area contributed by atoms with Gasteiger partial charge in [0, 0.05) is 16.6 Å². The Morgan fingerprint density at radius 1 is 1.12 bits per heavy atom. The van der Waals surface area contributed by atoms with Crippen molar-refractivity contribution >= 4 is 40.7 Å². The van der Waals surface area contributed by atoms with Crippen LogP contribution < -0.4 is 15.4 Å². The first-order chi connectivity index (χ1) is 12.5. The number of ether oxygens (including phenoxy) is 1. The molecule has 2 aromatic carbocycles. The zero-order valence-electron chi connectivity index (χ0n) is 14.1. The fraction of sp³-hybridized carbons (Fsp3) is 0.263. The normalized spacial score (nSPS) is 18.1. The maximum absolute atomic E-state index is 12.4. The quantitative estimate of drug-likeness (QED) is 0.783. The fourth-order valence-electron chi connectivity index (χ4n) is 2.73. The van der Waals surface area contributed by atoms with Crippen LogP contribution in [0.25, 0.3) is 0 Å². The summed E-state index contributed by atoms with van der Waals surface area (Å²) in [6.45, 7) is 0.339. The molecule has 2 unspecified atom stereocenters. The molecule has 0 heterocycles. The average Bonchev–Trinajstić information content (AvgIpc) is 3.42. The maximum atomic E-state index is 12.4. The molecule has 1 aliphatic carbocycles. The van der Waals surface area contributed by atoms with E-state index in [9.17, 15) is 9.59 Å². The van der Waals surface area contributed by atoms with Crippen LogP contribution in [0.15, 0.2) is 42.5 Å². The van der Waals surface area contributed by atoms with E-state index in [0.29, 0.717) is 34.4 Å². The minimum absolute atomic E-state index is 0.150. The summed E-state index contributed by atoms with van der Waals surface area (Å²) in [7, 11) is 1.51. The summed E-state index contributed by atoms with van der Waals surface area (Å²) >= 11 is 12.0. The lowest BCUT2D eigenvalue weighted by molar-refractivity contribution is -0.125. The van der Waals surface area contributed by atoms with Crippen molar-refractivity contribution in [1.29, 1.82) is 0 Å². The van der Waals surface area contributed by atoms with Crippen LogP contribution in [0.2, 0.25) is 10.0 Å². The number of rotatable bonds is 6. The van der Waals surface area contributed by atoms with Crippen molar-refractivity contribution in [1.82, 2.24) is 5.32 Å². The van der Waals surface area contributed by atoms with Crippen molar-refractivity contribution in [2.75, 3.05) is 12.4 Å². The van der Waals surface area contributed by atoms with Crippen LogP contribution in [0.1, 0.15) is 12.0 Å². The number of hydrogen-bond acceptors (Lipinski definition) is 3. The Labute approximate surface area is 161 Å². The van der Waals surface area contributed by atoms with E-state index in [-0.39, 0.29) is 23.7 Å². The lowest BCUT2D eigenvalue weighted by Crippen LogP contribution is -2.27. The van der Waals surface area contributed by atoms with E-state index in [1.54, 1.807) is 24.3 Å². The topological polar surface area (TPSA) is 67.4 Å². The van der Waals surface area contributed by atoms with Gasteiger partial charge >= 0.3 is 0 Å². The van der Waals surface area contributed by atoms with Gasteiger partial charge in [-0.3, -0.25) is 9.59 Å². The third kappa shape index (κ3) is 4.29. The van der Waals surface area contributed by atoms with Crippen LogP contribution >= 0.6 is 23.2 Å². The number of carbonyl (C=O) groups excluding carboxylic acids is 2. The third-order valence-corrected chi connectivity index (χ3v) is 4.90. The van der Waals surface area contributed by atoms with Gasteiger partial charge in [-0.05, 0) is 36.2 Å². The number of nitrogens with one attached hydrogen (secondary N) is 2. The van der Waals surface area contributed by atoms with Gasteiger partial charge in [0.2, 0.25) is 11.8 Å². The van der Waals surface area contributed by atoms with E-state index in [1.807, 2.05) is 18.2 Å². The summed E-state index contributed by atoms with van der Waals surface area (Å²) in [4.78, 5) is 24.6. The number of anilines is 1. The first-order valence-corrected chi connectivity index (χ1v) is 8.90. The standard InChI is InChI=1S/C19H18Cl2N2O3/c1-26-17-7-6-12(20)8-16(17)23-19(25)14-9-13(14)18(24)22-10-11-4-2-3-5-15(11)21/h2-8,13-14H,9-10H2,1H3,(H,22,24)(H,23,25). The summed E-state index contributed by atoms with van der Waals surface area (Å²) in [5.41, 5.74) is 1.33. The van der Waals surface area contributed by atoms with E-state index in [4.69, 9.17) is 27.9 Å². The van der Waals surface area contributed by atoms with Crippen LogP contribution in [0.3, 0.4) is 0 Å². The second-order valence-electron chi connectivity index (χ2n) is 6.09. The van der Waals surface area contributed by atoms with Gasteiger partial charge in [0.25, 0.3) is 0 Å². The molecule has 1 aliphatic rings. The first kappa shape index (κ1) is 18.5. The van der Waals surface area contributed by atoms with E-state index in [2.05, 4.69) is 10.6 Å². The molecule has 136 valence electrons. The Morgan fingerprint density at radius 2 is 1.85 bits per heavy atom. The molecule has 2 atom stereocenters. The van der Waals surface area contributed by atoms with Crippen LogP contribution in [0.5, 0.6) is 5.75 Å². The first-order valence-electron chi connectivity index (χ1n) is 8.15. The van der Waals surface area contributed by atoms with Gasteiger partial charge in [-0.1, -0.05) is 41.4 Å². The van der Waals surface area contributed by atoms with Crippen LogP contribution in [0, 0.1) is 11.8 Å². The van der Waals surface area contributed by atoms with Crippen molar-refractivity contribution in [3.8, 4) is 5.75 Å². The summed E-state index contributed by atoms with van der Waals surface area (Å²) in [5.74, 6) is -0.540. The van der Waals surface area contributed by atoms with Gasteiger partial charge in [-0.25, -0.2) is 0 Å². The molecule has 26 heavy (non-hydrogen) atoms. The minimum atomic E-state index is -0.357. The molecule has 5 nitrogen and oxygen atoms in total. The highest BCUT2D eigenvalue weighted by Gasteiger charge is 2.48. The van der Waals surface area contributed by atoms with Gasteiger partial charge in [0.1, 0.15) is 5.75 Å². The largest absolute Gasteiger partial charge is 0.495 e.